The number of hydrogen-bond acceptors (Lipinski definition) is 4. The zero-order valence-electron chi connectivity index (χ0n) is 16.0. The van der Waals surface area contributed by atoms with Gasteiger partial charge in [0.1, 0.15) is 5.82 Å². The minimum Gasteiger partial charge on any atom is -0.373 e. The lowest BCUT2D eigenvalue weighted by atomic mass is 10.2. The molecule has 1 fully saturated rings. The van der Waals surface area contributed by atoms with Gasteiger partial charge in [0.25, 0.3) is 5.91 Å². The molecule has 0 aliphatic carbocycles. The van der Waals surface area contributed by atoms with Crippen molar-refractivity contribution in [1.29, 1.82) is 0 Å². The van der Waals surface area contributed by atoms with Crippen molar-refractivity contribution in [3.63, 3.8) is 0 Å². The molecule has 0 radical (unpaired) electrons. The number of carbonyl (C=O) groups excluding carboxylic acids is 1. The zero-order valence-corrected chi connectivity index (χ0v) is 16.8. The Morgan fingerprint density at radius 1 is 1.14 bits per heavy atom. The lowest BCUT2D eigenvalue weighted by molar-refractivity contribution is -0.0440. The molecule has 2 unspecified atom stereocenters. The Labute approximate surface area is 164 Å². The highest BCUT2D eigenvalue weighted by Gasteiger charge is 2.32. The molecule has 1 heterocycles. The van der Waals surface area contributed by atoms with E-state index in [1.807, 2.05) is 13.8 Å². The smallest absolute Gasteiger partial charge is 0.255 e. The lowest BCUT2D eigenvalue weighted by Gasteiger charge is -2.34. The van der Waals surface area contributed by atoms with E-state index in [-0.39, 0.29) is 35.8 Å². The van der Waals surface area contributed by atoms with E-state index in [1.165, 1.54) is 34.6 Å². The maximum absolute atomic E-state index is 13.7. The summed E-state index contributed by atoms with van der Waals surface area (Å²) in [5.41, 5.74) is 0.952. The molecule has 1 amide bonds. The second-order valence-corrected chi connectivity index (χ2v) is 8.96. The summed E-state index contributed by atoms with van der Waals surface area (Å²) in [4.78, 5) is 12.5. The minimum atomic E-state index is -3.76. The molecule has 0 spiro atoms. The molecular formula is C20H23FN2O4S. The number of hydrogen-bond donors (Lipinski definition) is 1. The Morgan fingerprint density at radius 3 is 2.46 bits per heavy atom. The van der Waals surface area contributed by atoms with Gasteiger partial charge in [0.05, 0.1) is 17.1 Å². The number of amides is 1. The first-order chi connectivity index (χ1) is 13.2. The molecule has 28 heavy (non-hydrogen) atoms. The summed E-state index contributed by atoms with van der Waals surface area (Å²) in [5, 5.41) is 2.59. The monoisotopic (exact) mass is 406 g/mol. The number of morpholine rings is 1. The van der Waals surface area contributed by atoms with E-state index in [4.69, 9.17) is 4.74 Å². The SMILES string of the molecule is Cc1ccc(NC(=O)c2cccc(S(=O)(=O)N3CC(C)OC(C)C3)c2)cc1F. The van der Waals surface area contributed by atoms with Gasteiger partial charge in [-0.1, -0.05) is 12.1 Å². The average Bonchev–Trinajstić information content (AvgIpc) is 2.64. The van der Waals surface area contributed by atoms with Crippen LogP contribution in [0.5, 0.6) is 0 Å². The van der Waals surface area contributed by atoms with Crippen LogP contribution < -0.4 is 5.32 Å². The second kappa shape index (κ2) is 7.98. The number of ether oxygens (including phenoxy) is 1. The van der Waals surface area contributed by atoms with Crippen LogP contribution in [0.15, 0.2) is 47.4 Å². The van der Waals surface area contributed by atoms with Crippen molar-refractivity contribution in [2.45, 2.75) is 37.9 Å². The van der Waals surface area contributed by atoms with Gasteiger partial charge in [0.2, 0.25) is 10.0 Å². The Balaban J connectivity index is 1.83. The molecule has 150 valence electrons. The van der Waals surface area contributed by atoms with Crippen LogP contribution in [0.4, 0.5) is 10.1 Å². The van der Waals surface area contributed by atoms with Gasteiger partial charge in [-0.2, -0.15) is 4.31 Å². The number of nitrogens with one attached hydrogen (secondary N) is 1. The number of halogens is 1. The fraction of sp³-hybridized carbons (Fsp3) is 0.350. The molecule has 1 aliphatic heterocycles. The van der Waals surface area contributed by atoms with Gasteiger partial charge in [-0.15, -0.1) is 0 Å². The highest BCUT2D eigenvalue weighted by Crippen LogP contribution is 2.22. The molecule has 0 bridgehead atoms. The van der Waals surface area contributed by atoms with Gasteiger partial charge in [-0.3, -0.25) is 4.79 Å². The van der Waals surface area contributed by atoms with Gasteiger partial charge in [-0.25, -0.2) is 12.8 Å². The van der Waals surface area contributed by atoms with Crippen molar-refractivity contribution in [3.8, 4) is 0 Å². The maximum Gasteiger partial charge on any atom is 0.255 e. The van der Waals surface area contributed by atoms with E-state index < -0.39 is 21.7 Å². The first-order valence-corrected chi connectivity index (χ1v) is 10.4. The van der Waals surface area contributed by atoms with Crippen molar-refractivity contribution in [2.75, 3.05) is 18.4 Å². The maximum atomic E-state index is 13.7. The molecule has 1 saturated heterocycles. The number of carbonyl (C=O) groups is 1. The molecule has 2 aromatic rings. The molecule has 1 N–H and O–H groups in total. The van der Waals surface area contributed by atoms with Crippen LogP contribution in [0, 0.1) is 12.7 Å². The third kappa shape index (κ3) is 4.40. The number of aryl methyl sites for hydroxylation is 1. The number of benzene rings is 2. The van der Waals surface area contributed by atoms with Gasteiger partial charge in [0, 0.05) is 24.3 Å². The molecular weight excluding hydrogens is 383 g/mol. The molecule has 6 nitrogen and oxygen atoms in total. The van der Waals surface area contributed by atoms with Crippen molar-refractivity contribution < 1.29 is 22.3 Å². The summed E-state index contributed by atoms with van der Waals surface area (Å²) in [5.74, 6) is -0.936. The first-order valence-electron chi connectivity index (χ1n) is 9.00. The second-order valence-electron chi connectivity index (χ2n) is 7.03. The van der Waals surface area contributed by atoms with E-state index >= 15 is 0 Å². The average molecular weight is 406 g/mol. The van der Waals surface area contributed by atoms with E-state index in [1.54, 1.807) is 19.1 Å². The molecule has 1 aliphatic rings. The number of sulfonamides is 1. The highest BCUT2D eigenvalue weighted by molar-refractivity contribution is 7.89. The third-order valence-electron chi connectivity index (χ3n) is 4.55. The summed E-state index contributed by atoms with van der Waals surface area (Å²) in [6.07, 6.45) is -0.414. The van der Waals surface area contributed by atoms with Crippen molar-refractivity contribution in [2.24, 2.45) is 0 Å². The van der Waals surface area contributed by atoms with Crippen LogP contribution in [0.25, 0.3) is 0 Å². The van der Waals surface area contributed by atoms with Gasteiger partial charge in [-0.05, 0) is 56.7 Å². The minimum absolute atomic E-state index is 0.0385. The fourth-order valence-electron chi connectivity index (χ4n) is 3.15. The van der Waals surface area contributed by atoms with Crippen molar-refractivity contribution in [1.82, 2.24) is 4.31 Å². The lowest BCUT2D eigenvalue weighted by Crippen LogP contribution is -2.48. The van der Waals surface area contributed by atoms with Crippen LogP contribution in [-0.4, -0.2) is 43.9 Å². The van der Waals surface area contributed by atoms with E-state index in [9.17, 15) is 17.6 Å². The van der Waals surface area contributed by atoms with Crippen molar-refractivity contribution >= 4 is 21.6 Å². The highest BCUT2D eigenvalue weighted by atomic mass is 32.2. The van der Waals surface area contributed by atoms with Crippen LogP contribution in [-0.2, 0) is 14.8 Å². The number of anilines is 1. The van der Waals surface area contributed by atoms with Crippen molar-refractivity contribution in [3.05, 3.63) is 59.4 Å². The summed E-state index contributed by atoms with van der Waals surface area (Å²) < 4.78 is 46.6. The quantitative estimate of drug-likeness (QED) is 0.846. The van der Waals surface area contributed by atoms with Crippen LogP contribution in [0.1, 0.15) is 29.8 Å². The fourth-order valence-corrected chi connectivity index (χ4v) is 4.78. The Morgan fingerprint density at radius 2 is 1.82 bits per heavy atom. The molecule has 0 aromatic heterocycles. The zero-order chi connectivity index (χ0) is 20.5. The molecule has 2 aromatic carbocycles. The van der Waals surface area contributed by atoms with Crippen LogP contribution in [0.3, 0.4) is 0 Å². The van der Waals surface area contributed by atoms with Crippen LogP contribution in [0.2, 0.25) is 0 Å². The first kappa shape index (κ1) is 20.4. The standard InChI is InChI=1S/C20H23FN2O4S/c1-13-7-8-17(10-19(13)21)22-20(24)16-5-4-6-18(9-16)28(25,26)23-11-14(2)27-15(3)12-23/h4-10,14-15H,11-12H2,1-3H3,(H,22,24). The molecule has 2 atom stereocenters. The summed E-state index contributed by atoms with van der Waals surface area (Å²) in [6.45, 7) is 5.78. The number of rotatable bonds is 4. The molecule has 8 heteroatoms. The van der Waals surface area contributed by atoms with Gasteiger partial charge >= 0.3 is 0 Å². The summed E-state index contributed by atoms with van der Waals surface area (Å²) in [6, 6.07) is 10.2. The van der Waals surface area contributed by atoms with E-state index in [0.29, 0.717) is 11.3 Å². The molecule has 0 saturated carbocycles. The third-order valence-corrected chi connectivity index (χ3v) is 6.38. The molecule has 3 rings (SSSR count). The van der Waals surface area contributed by atoms with Gasteiger partial charge in [0.15, 0.2) is 0 Å². The van der Waals surface area contributed by atoms with Crippen LogP contribution >= 0.6 is 0 Å². The summed E-state index contributed by atoms with van der Waals surface area (Å²) >= 11 is 0. The predicted molar refractivity (Wildman–Crippen MR) is 104 cm³/mol. The Hall–Kier alpha value is -2.29. The number of nitrogens with zero attached hydrogens (tertiary/aromatic N) is 1. The summed E-state index contributed by atoms with van der Waals surface area (Å²) in [7, 11) is -3.76. The normalized spacial score (nSPS) is 20.7. The van der Waals surface area contributed by atoms with E-state index in [2.05, 4.69) is 5.32 Å². The largest absolute Gasteiger partial charge is 0.373 e. The predicted octanol–water partition coefficient (Wildman–Crippen LogP) is 3.18. The Bertz CT molecular complexity index is 983. The van der Waals surface area contributed by atoms with Gasteiger partial charge < -0.3 is 10.1 Å². The van der Waals surface area contributed by atoms with E-state index in [0.717, 1.165) is 0 Å². The topological polar surface area (TPSA) is 75.7 Å². The Kier molecular flexibility index (Phi) is 5.83.